The lowest BCUT2D eigenvalue weighted by molar-refractivity contribution is 0.359. The molecule has 0 saturated heterocycles. The average molecular weight is 233 g/mol. The van der Waals surface area contributed by atoms with E-state index >= 15 is 0 Å². The van der Waals surface area contributed by atoms with Crippen molar-refractivity contribution in [1.82, 2.24) is 9.44 Å². The van der Waals surface area contributed by atoms with Gasteiger partial charge in [0.2, 0.25) is 0 Å². The van der Waals surface area contributed by atoms with Crippen molar-refractivity contribution in [2.24, 2.45) is 5.73 Å². The largest absolute Gasteiger partial charge is 0.326 e. The summed E-state index contributed by atoms with van der Waals surface area (Å²) in [6.07, 6.45) is 5.85. The number of hydrogen-bond acceptors (Lipinski definition) is 3. The molecule has 0 radical (unpaired) electrons. The first-order chi connectivity index (χ1) is 7.07. The fraction of sp³-hybridized carbons (Fsp3) is 1.00. The maximum atomic E-state index is 11.6. The van der Waals surface area contributed by atoms with Crippen LogP contribution in [0.15, 0.2) is 0 Å². The monoisotopic (exact) mass is 233 g/mol. The zero-order chi connectivity index (χ0) is 10.9. The summed E-state index contributed by atoms with van der Waals surface area (Å²) in [5.41, 5.74) is 5.88. The van der Waals surface area contributed by atoms with Crippen LogP contribution < -0.4 is 15.2 Å². The third kappa shape index (κ3) is 3.41. The van der Waals surface area contributed by atoms with E-state index in [4.69, 9.17) is 5.73 Å². The second kappa shape index (κ2) is 4.37. The Morgan fingerprint density at radius 2 is 1.67 bits per heavy atom. The number of hydrogen-bond donors (Lipinski definition) is 3. The third-order valence-corrected chi connectivity index (χ3v) is 4.28. The van der Waals surface area contributed by atoms with Crippen LogP contribution in [0.3, 0.4) is 0 Å². The van der Waals surface area contributed by atoms with Crippen LogP contribution in [0.4, 0.5) is 0 Å². The molecule has 4 N–H and O–H groups in total. The van der Waals surface area contributed by atoms with Crippen molar-refractivity contribution in [2.75, 3.05) is 0 Å². The van der Waals surface area contributed by atoms with Crippen molar-refractivity contribution in [2.45, 2.75) is 56.7 Å². The van der Waals surface area contributed by atoms with Crippen molar-refractivity contribution in [3.8, 4) is 0 Å². The molecule has 15 heavy (non-hydrogen) atoms. The third-order valence-electron chi connectivity index (χ3n) is 3.03. The molecule has 0 aromatic rings. The first-order valence-corrected chi connectivity index (χ1v) is 7.10. The highest BCUT2D eigenvalue weighted by molar-refractivity contribution is 7.87. The van der Waals surface area contributed by atoms with E-state index in [1.165, 1.54) is 0 Å². The van der Waals surface area contributed by atoms with E-state index in [0.717, 1.165) is 38.5 Å². The Morgan fingerprint density at radius 1 is 1.00 bits per heavy atom. The minimum atomic E-state index is -3.33. The fourth-order valence-corrected chi connectivity index (χ4v) is 3.39. The minimum Gasteiger partial charge on any atom is -0.326 e. The highest BCUT2D eigenvalue weighted by Gasteiger charge is 2.30. The van der Waals surface area contributed by atoms with Crippen LogP contribution in [-0.2, 0) is 10.2 Å². The van der Waals surface area contributed by atoms with Gasteiger partial charge >= 0.3 is 0 Å². The van der Waals surface area contributed by atoms with Crippen LogP contribution in [0.5, 0.6) is 0 Å². The van der Waals surface area contributed by atoms with Crippen LogP contribution in [0.1, 0.15) is 38.5 Å². The molecule has 2 aliphatic rings. The van der Waals surface area contributed by atoms with Crippen molar-refractivity contribution < 1.29 is 8.42 Å². The molecule has 0 bridgehead atoms. The summed E-state index contributed by atoms with van der Waals surface area (Å²) in [4.78, 5) is 0. The van der Waals surface area contributed by atoms with Crippen molar-refractivity contribution in [3.05, 3.63) is 0 Å². The second-order valence-corrected chi connectivity index (χ2v) is 6.05. The van der Waals surface area contributed by atoms with Gasteiger partial charge in [0.25, 0.3) is 10.2 Å². The number of nitrogens with two attached hydrogens (primary N) is 1. The van der Waals surface area contributed by atoms with Crippen LogP contribution in [0.2, 0.25) is 0 Å². The van der Waals surface area contributed by atoms with Crippen LogP contribution in [0, 0.1) is 0 Å². The lowest BCUT2D eigenvalue weighted by Crippen LogP contribution is -2.52. The Hall–Kier alpha value is -0.170. The van der Waals surface area contributed by atoms with Gasteiger partial charge in [-0.2, -0.15) is 17.9 Å². The molecule has 0 aromatic heterocycles. The predicted molar refractivity (Wildman–Crippen MR) is 58.4 cm³/mol. The molecule has 2 rings (SSSR count). The Labute approximate surface area is 91.0 Å². The molecule has 2 saturated carbocycles. The van der Waals surface area contributed by atoms with Crippen molar-refractivity contribution in [3.63, 3.8) is 0 Å². The molecular formula is C9H19N3O2S. The van der Waals surface area contributed by atoms with E-state index in [2.05, 4.69) is 9.44 Å². The number of nitrogens with one attached hydrogen (secondary N) is 2. The van der Waals surface area contributed by atoms with Gasteiger partial charge in [-0.3, -0.25) is 0 Å². The van der Waals surface area contributed by atoms with Crippen LogP contribution >= 0.6 is 0 Å². The molecule has 5 nitrogen and oxygen atoms in total. The van der Waals surface area contributed by atoms with E-state index in [1.54, 1.807) is 0 Å². The van der Waals surface area contributed by atoms with Gasteiger partial charge in [0.05, 0.1) is 0 Å². The normalized spacial score (nSPS) is 32.9. The Bertz CT molecular complexity index is 313. The quantitative estimate of drug-likeness (QED) is 0.631. The van der Waals surface area contributed by atoms with Gasteiger partial charge in [0.1, 0.15) is 0 Å². The summed E-state index contributed by atoms with van der Waals surface area (Å²) in [7, 11) is -3.33. The molecule has 2 atom stereocenters. The summed E-state index contributed by atoms with van der Waals surface area (Å²) in [6, 6.07) is 0.0341. The molecule has 2 aliphatic carbocycles. The molecule has 0 heterocycles. The zero-order valence-electron chi connectivity index (χ0n) is 8.78. The highest BCUT2D eigenvalue weighted by atomic mass is 32.2. The first kappa shape index (κ1) is 11.3. The van der Waals surface area contributed by atoms with Gasteiger partial charge in [0.15, 0.2) is 0 Å². The average Bonchev–Trinajstić information content (AvgIpc) is 2.91. The van der Waals surface area contributed by atoms with E-state index in [-0.39, 0.29) is 18.1 Å². The summed E-state index contributed by atoms with van der Waals surface area (Å²) in [5.74, 6) is 0. The minimum absolute atomic E-state index is 0.0328. The van der Waals surface area contributed by atoms with Crippen LogP contribution in [0.25, 0.3) is 0 Å². The maximum Gasteiger partial charge on any atom is 0.277 e. The molecular weight excluding hydrogens is 214 g/mol. The molecule has 2 fully saturated rings. The molecule has 0 aromatic carbocycles. The standard InChI is InChI=1S/C9H19N3O2S/c10-8-3-1-2-4-9(8)12-15(13,14)11-7-5-6-7/h7-9,11-12H,1-6,10H2. The Kier molecular flexibility index (Phi) is 3.30. The van der Waals surface area contributed by atoms with E-state index in [9.17, 15) is 8.42 Å². The van der Waals surface area contributed by atoms with Gasteiger partial charge in [-0.25, -0.2) is 0 Å². The maximum absolute atomic E-state index is 11.6. The van der Waals surface area contributed by atoms with Crippen molar-refractivity contribution in [1.29, 1.82) is 0 Å². The number of rotatable bonds is 4. The summed E-state index contributed by atoms with van der Waals surface area (Å²) < 4.78 is 28.5. The fourth-order valence-electron chi connectivity index (χ4n) is 1.96. The Morgan fingerprint density at radius 3 is 2.27 bits per heavy atom. The molecule has 2 unspecified atom stereocenters. The lowest BCUT2D eigenvalue weighted by Gasteiger charge is -2.28. The van der Waals surface area contributed by atoms with Crippen molar-refractivity contribution >= 4 is 10.2 Å². The lowest BCUT2D eigenvalue weighted by atomic mass is 9.92. The molecule has 0 amide bonds. The van der Waals surface area contributed by atoms with E-state index < -0.39 is 10.2 Å². The SMILES string of the molecule is NC1CCCCC1NS(=O)(=O)NC1CC1. The van der Waals surface area contributed by atoms with Gasteiger partial charge in [-0.05, 0) is 25.7 Å². The first-order valence-electron chi connectivity index (χ1n) is 5.62. The smallest absolute Gasteiger partial charge is 0.277 e. The van der Waals surface area contributed by atoms with E-state index in [1.807, 2.05) is 0 Å². The van der Waals surface area contributed by atoms with Gasteiger partial charge in [-0.1, -0.05) is 12.8 Å². The summed E-state index contributed by atoms with van der Waals surface area (Å²) in [5, 5.41) is 0. The summed E-state index contributed by atoms with van der Waals surface area (Å²) in [6.45, 7) is 0. The van der Waals surface area contributed by atoms with Gasteiger partial charge < -0.3 is 5.73 Å². The van der Waals surface area contributed by atoms with Gasteiger partial charge in [0, 0.05) is 18.1 Å². The summed E-state index contributed by atoms with van der Waals surface area (Å²) >= 11 is 0. The second-order valence-electron chi connectivity index (χ2n) is 4.57. The van der Waals surface area contributed by atoms with Crippen LogP contribution in [-0.4, -0.2) is 26.5 Å². The predicted octanol–water partition coefficient (Wildman–Crippen LogP) is -0.157. The Balaban J connectivity index is 1.88. The highest BCUT2D eigenvalue weighted by Crippen LogP contribution is 2.21. The molecule has 0 aliphatic heterocycles. The zero-order valence-corrected chi connectivity index (χ0v) is 9.59. The van der Waals surface area contributed by atoms with E-state index in [0.29, 0.717) is 0 Å². The molecule has 88 valence electrons. The molecule has 0 spiro atoms. The van der Waals surface area contributed by atoms with Gasteiger partial charge in [-0.15, -0.1) is 0 Å². The molecule has 6 heteroatoms. The topological polar surface area (TPSA) is 84.2 Å².